The third-order valence-corrected chi connectivity index (χ3v) is 6.21. The molecule has 3 fully saturated rings. The molecule has 0 saturated heterocycles. The first-order valence-electron chi connectivity index (χ1n) is 7.32. The largest absolute Gasteiger partial charge is 0.394 e. The quantitative estimate of drug-likeness (QED) is 0.733. The number of thioether (sulfide) groups is 1. The van der Waals surface area contributed by atoms with Gasteiger partial charge in [0, 0.05) is 17.0 Å². The van der Waals surface area contributed by atoms with Crippen molar-refractivity contribution in [2.45, 2.75) is 68.2 Å². The summed E-state index contributed by atoms with van der Waals surface area (Å²) in [7, 11) is 0. The van der Waals surface area contributed by atoms with Crippen molar-refractivity contribution in [3.63, 3.8) is 0 Å². The van der Waals surface area contributed by atoms with E-state index < -0.39 is 0 Å². The van der Waals surface area contributed by atoms with Crippen molar-refractivity contribution in [3.05, 3.63) is 0 Å². The number of aliphatic hydroxyl groups excluding tert-OH is 1. The fraction of sp³-hybridized carbons (Fsp3) is 1.00. The Balaban J connectivity index is 1.56. The van der Waals surface area contributed by atoms with Crippen molar-refractivity contribution in [3.8, 4) is 0 Å². The Hall–Kier alpha value is 0.270. The fourth-order valence-corrected chi connectivity index (χ4v) is 4.70. The van der Waals surface area contributed by atoms with Gasteiger partial charge in [0.05, 0.1) is 12.1 Å². The molecule has 3 heteroatoms. The van der Waals surface area contributed by atoms with Crippen LogP contribution in [0.2, 0.25) is 0 Å². The zero-order chi connectivity index (χ0) is 11.7. The van der Waals surface area contributed by atoms with Gasteiger partial charge in [0.15, 0.2) is 0 Å². The minimum atomic E-state index is 0.0639. The summed E-state index contributed by atoms with van der Waals surface area (Å²) >= 11 is 2.13. The molecule has 0 aromatic heterocycles. The van der Waals surface area contributed by atoms with Crippen LogP contribution in [0.1, 0.15) is 51.4 Å². The molecule has 3 saturated carbocycles. The van der Waals surface area contributed by atoms with Gasteiger partial charge >= 0.3 is 0 Å². The van der Waals surface area contributed by atoms with Crippen LogP contribution < -0.4 is 5.32 Å². The highest BCUT2D eigenvalue weighted by atomic mass is 32.2. The highest BCUT2D eigenvalue weighted by molar-refractivity contribution is 8.00. The van der Waals surface area contributed by atoms with E-state index in [2.05, 4.69) is 17.1 Å². The van der Waals surface area contributed by atoms with Crippen molar-refractivity contribution in [2.75, 3.05) is 12.4 Å². The zero-order valence-electron chi connectivity index (χ0n) is 10.7. The predicted octanol–water partition coefficient (Wildman–Crippen LogP) is 2.56. The van der Waals surface area contributed by atoms with E-state index in [4.69, 9.17) is 0 Å². The first-order chi connectivity index (χ1) is 8.32. The monoisotopic (exact) mass is 255 g/mol. The van der Waals surface area contributed by atoms with Crippen molar-refractivity contribution in [2.24, 2.45) is 5.92 Å². The molecular weight excluding hydrogens is 230 g/mol. The lowest BCUT2D eigenvalue weighted by Crippen LogP contribution is -2.54. The van der Waals surface area contributed by atoms with E-state index in [-0.39, 0.29) is 5.54 Å². The van der Waals surface area contributed by atoms with E-state index in [0.29, 0.717) is 12.6 Å². The summed E-state index contributed by atoms with van der Waals surface area (Å²) < 4.78 is 0. The Morgan fingerprint density at radius 3 is 2.29 bits per heavy atom. The third kappa shape index (κ3) is 2.99. The summed E-state index contributed by atoms with van der Waals surface area (Å²) in [6, 6.07) is 0.715. The number of nitrogens with one attached hydrogen (secondary N) is 1. The second kappa shape index (κ2) is 5.10. The highest BCUT2D eigenvalue weighted by Crippen LogP contribution is 2.44. The Labute approximate surface area is 109 Å². The maximum absolute atomic E-state index is 9.86. The van der Waals surface area contributed by atoms with Crippen molar-refractivity contribution in [1.82, 2.24) is 5.32 Å². The molecule has 3 aliphatic rings. The van der Waals surface area contributed by atoms with Gasteiger partial charge in [-0.25, -0.2) is 0 Å². The Bertz CT molecular complexity index is 259. The van der Waals surface area contributed by atoms with E-state index in [1.54, 1.807) is 0 Å². The van der Waals surface area contributed by atoms with Crippen molar-refractivity contribution < 1.29 is 5.11 Å². The SMILES string of the molecule is OCC(CSC1CCCC1)(NC1CC1)C1CC1. The molecule has 2 N–H and O–H groups in total. The van der Waals surface area contributed by atoms with Crippen molar-refractivity contribution in [1.29, 1.82) is 0 Å². The summed E-state index contributed by atoms with van der Waals surface area (Å²) in [5.74, 6) is 1.89. The van der Waals surface area contributed by atoms with Gasteiger partial charge in [-0.2, -0.15) is 11.8 Å². The summed E-state index contributed by atoms with van der Waals surface area (Å²) in [6.07, 6.45) is 10.9. The molecule has 0 heterocycles. The van der Waals surface area contributed by atoms with Crippen LogP contribution in [0.4, 0.5) is 0 Å². The number of aliphatic hydroxyl groups is 1. The van der Waals surface area contributed by atoms with E-state index >= 15 is 0 Å². The molecule has 0 aliphatic heterocycles. The van der Waals surface area contributed by atoms with Gasteiger partial charge in [-0.3, -0.25) is 0 Å². The van der Waals surface area contributed by atoms with E-state index in [0.717, 1.165) is 16.9 Å². The first-order valence-corrected chi connectivity index (χ1v) is 8.37. The lowest BCUT2D eigenvalue weighted by molar-refractivity contribution is 0.157. The van der Waals surface area contributed by atoms with Crippen LogP contribution in [0.5, 0.6) is 0 Å². The van der Waals surface area contributed by atoms with Gasteiger partial charge in [0.1, 0.15) is 0 Å². The highest BCUT2D eigenvalue weighted by Gasteiger charge is 2.47. The average molecular weight is 255 g/mol. The lowest BCUT2D eigenvalue weighted by Gasteiger charge is -2.34. The molecule has 0 bridgehead atoms. The molecule has 1 atom stereocenters. The van der Waals surface area contributed by atoms with Crippen LogP contribution in [0.15, 0.2) is 0 Å². The molecule has 0 radical (unpaired) electrons. The average Bonchev–Trinajstić information content (AvgIpc) is 3.26. The number of hydrogen-bond donors (Lipinski definition) is 2. The predicted molar refractivity (Wildman–Crippen MR) is 73.4 cm³/mol. The van der Waals surface area contributed by atoms with Gasteiger partial charge in [0.2, 0.25) is 0 Å². The normalized spacial score (nSPS) is 29.5. The smallest absolute Gasteiger partial charge is 0.0624 e. The van der Waals surface area contributed by atoms with Crippen LogP contribution >= 0.6 is 11.8 Å². The molecule has 1 unspecified atom stereocenters. The van der Waals surface area contributed by atoms with Gasteiger partial charge in [0.25, 0.3) is 0 Å². The van der Waals surface area contributed by atoms with Crippen molar-refractivity contribution >= 4 is 11.8 Å². The van der Waals surface area contributed by atoms with Crippen LogP contribution in [0, 0.1) is 5.92 Å². The molecule has 17 heavy (non-hydrogen) atoms. The molecule has 0 spiro atoms. The maximum atomic E-state index is 9.86. The zero-order valence-corrected chi connectivity index (χ0v) is 11.5. The Kier molecular flexibility index (Phi) is 3.69. The topological polar surface area (TPSA) is 32.3 Å². The second-order valence-corrected chi connectivity index (χ2v) is 7.51. The maximum Gasteiger partial charge on any atom is 0.0624 e. The van der Waals surface area contributed by atoms with E-state index in [9.17, 15) is 5.11 Å². The van der Waals surface area contributed by atoms with E-state index in [1.807, 2.05) is 0 Å². The second-order valence-electron chi connectivity index (χ2n) is 6.22. The lowest BCUT2D eigenvalue weighted by atomic mass is 9.96. The van der Waals surface area contributed by atoms with Gasteiger partial charge in [-0.15, -0.1) is 0 Å². The summed E-state index contributed by atoms with van der Waals surface area (Å²) in [4.78, 5) is 0. The fourth-order valence-electron chi connectivity index (χ4n) is 3.09. The molecule has 98 valence electrons. The molecule has 0 aromatic rings. The molecule has 0 amide bonds. The van der Waals surface area contributed by atoms with Gasteiger partial charge < -0.3 is 10.4 Å². The molecule has 0 aromatic carbocycles. The number of rotatable bonds is 7. The van der Waals surface area contributed by atoms with Crippen LogP contribution in [0.25, 0.3) is 0 Å². The molecule has 2 nitrogen and oxygen atoms in total. The van der Waals surface area contributed by atoms with E-state index in [1.165, 1.54) is 51.4 Å². The van der Waals surface area contributed by atoms with Gasteiger partial charge in [-0.1, -0.05) is 12.8 Å². The van der Waals surface area contributed by atoms with Crippen LogP contribution in [0.3, 0.4) is 0 Å². The Morgan fingerprint density at radius 2 is 1.76 bits per heavy atom. The Morgan fingerprint density at radius 1 is 1.06 bits per heavy atom. The molecular formula is C14H25NOS. The third-order valence-electron chi connectivity index (χ3n) is 4.59. The van der Waals surface area contributed by atoms with Crippen LogP contribution in [-0.2, 0) is 0 Å². The number of hydrogen-bond acceptors (Lipinski definition) is 3. The van der Waals surface area contributed by atoms with Crippen LogP contribution in [-0.4, -0.2) is 34.3 Å². The minimum absolute atomic E-state index is 0.0639. The molecule has 3 rings (SSSR count). The summed E-state index contributed by atoms with van der Waals surface area (Å²) in [6.45, 7) is 0.341. The minimum Gasteiger partial charge on any atom is -0.394 e. The summed E-state index contributed by atoms with van der Waals surface area (Å²) in [5, 5.41) is 14.5. The molecule has 3 aliphatic carbocycles. The standard InChI is InChI=1S/C14H25NOS/c16-9-14(11-5-6-11,15-12-7-8-12)10-17-13-3-1-2-4-13/h11-13,15-16H,1-10H2. The summed E-state index contributed by atoms with van der Waals surface area (Å²) in [5.41, 5.74) is 0.0639. The van der Waals surface area contributed by atoms with Gasteiger partial charge in [-0.05, 0) is 44.4 Å². The first kappa shape index (κ1) is 12.3.